The second kappa shape index (κ2) is 7.44. The molecule has 4 nitrogen and oxygen atoms in total. The van der Waals surface area contributed by atoms with Crippen LogP contribution in [-0.2, 0) is 0 Å². The largest absolute Gasteiger partial charge is 0.497 e. The van der Waals surface area contributed by atoms with Gasteiger partial charge in [0, 0.05) is 32.2 Å². The summed E-state index contributed by atoms with van der Waals surface area (Å²) in [5, 5.41) is 9.60. The molecule has 0 aliphatic carbocycles. The molecule has 1 aromatic rings. The van der Waals surface area contributed by atoms with E-state index in [1.807, 2.05) is 6.07 Å². The molecule has 0 amide bonds. The summed E-state index contributed by atoms with van der Waals surface area (Å²) in [7, 11) is 1.73. The Bertz CT molecular complexity index is 472. The van der Waals surface area contributed by atoms with E-state index < -0.39 is 0 Å². The van der Waals surface area contributed by atoms with Crippen LogP contribution >= 0.6 is 0 Å². The Morgan fingerprint density at radius 3 is 2.73 bits per heavy atom. The molecule has 122 valence electrons. The van der Waals surface area contributed by atoms with Crippen molar-refractivity contribution in [2.24, 2.45) is 0 Å². The maximum Gasteiger partial charge on any atom is 0.119 e. The first-order valence-electron chi connectivity index (χ1n) is 8.54. The van der Waals surface area contributed by atoms with E-state index in [0.717, 1.165) is 44.8 Å². The summed E-state index contributed by atoms with van der Waals surface area (Å²) in [6.45, 7) is 5.52. The maximum atomic E-state index is 9.60. The third kappa shape index (κ3) is 3.80. The molecular weight excluding hydrogens is 276 g/mol. The van der Waals surface area contributed by atoms with E-state index in [0.29, 0.717) is 6.04 Å². The summed E-state index contributed by atoms with van der Waals surface area (Å²) >= 11 is 0. The van der Waals surface area contributed by atoms with Gasteiger partial charge in [0.15, 0.2) is 0 Å². The molecule has 4 heteroatoms. The number of piperidine rings is 1. The Morgan fingerprint density at radius 1 is 1.14 bits per heavy atom. The van der Waals surface area contributed by atoms with Crippen LogP contribution < -0.4 is 4.74 Å². The highest BCUT2D eigenvalue weighted by molar-refractivity contribution is 5.31. The molecule has 0 aromatic heterocycles. The minimum Gasteiger partial charge on any atom is -0.497 e. The lowest BCUT2D eigenvalue weighted by Gasteiger charge is -2.32. The van der Waals surface area contributed by atoms with Crippen molar-refractivity contribution in [1.29, 1.82) is 0 Å². The number of hydrogen-bond donors (Lipinski definition) is 1. The highest BCUT2D eigenvalue weighted by Crippen LogP contribution is 2.33. The fourth-order valence-corrected chi connectivity index (χ4v) is 3.73. The summed E-state index contributed by atoms with van der Waals surface area (Å²) in [6.07, 6.45) is 4.30. The summed E-state index contributed by atoms with van der Waals surface area (Å²) in [5.41, 5.74) is 1.38. The molecule has 1 aromatic carbocycles. The van der Waals surface area contributed by atoms with Crippen molar-refractivity contribution in [3.63, 3.8) is 0 Å². The van der Waals surface area contributed by atoms with Crippen LogP contribution in [0.2, 0.25) is 0 Å². The summed E-state index contributed by atoms with van der Waals surface area (Å²) < 4.78 is 5.36. The minimum atomic E-state index is -0.0763. The monoisotopic (exact) mass is 304 g/mol. The molecule has 2 fully saturated rings. The Morgan fingerprint density at radius 2 is 1.95 bits per heavy atom. The maximum absolute atomic E-state index is 9.60. The SMILES string of the molecule is COc1cccc(C2CCCN2CCN2CCC(O)CC2)c1. The summed E-state index contributed by atoms with van der Waals surface area (Å²) in [4.78, 5) is 5.10. The second-order valence-electron chi connectivity index (χ2n) is 6.54. The van der Waals surface area contributed by atoms with Gasteiger partial charge in [-0.15, -0.1) is 0 Å². The van der Waals surface area contributed by atoms with E-state index in [2.05, 4.69) is 28.0 Å². The number of rotatable bonds is 5. The van der Waals surface area contributed by atoms with Gasteiger partial charge in [0.2, 0.25) is 0 Å². The number of hydrogen-bond acceptors (Lipinski definition) is 4. The van der Waals surface area contributed by atoms with Gasteiger partial charge in [0.05, 0.1) is 13.2 Å². The lowest BCUT2D eigenvalue weighted by Crippen LogP contribution is -2.40. The molecular formula is C18H28N2O2. The fraction of sp³-hybridized carbons (Fsp3) is 0.667. The highest BCUT2D eigenvalue weighted by Gasteiger charge is 2.27. The molecule has 2 aliphatic heterocycles. The molecule has 1 unspecified atom stereocenters. The van der Waals surface area contributed by atoms with Crippen LogP contribution in [0, 0.1) is 0 Å². The molecule has 0 saturated carbocycles. The molecule has 0 radical (unpaired) electrons. The molecule has 3 rings (SSSR count). The molecule has 2 aliphatic rings. The van der Waals surface area contributed by atoms with Gasteiger partial charge in [0.25, 0.3) is 0 Å². The molecule has 2 heterocycles. The number of aliphatic hydroxyl groups is 1. The van der Waals surface area contributed by atoms with E-state index in [4.69, 9.17) is 4.74 Å². The number of nitrogens with zero attached hydrogens (tertiary/aromatic N) is 2. The second-order valence-corrected chi connectivity index (χ2v) is 6.54. The minimum absolute atomic E-state index is 0.0763. The number of methoxy groups -OCH3 is 1. The molecule has 0 bridgehead atoms. The number of benzene rings is 1. The van der Waals surface area contributed by atoms with Crippen molar-refractivity contribution < 1.29 is 9.84 Å². The van der Waals surface area contributed by atoms with Gasteiger partial charge < -0.3 is 14.7 Å². The van der Waals surface area contributed by atoms with Crippen molar-refractivity contribution in [3.8, 4) is 5.75 Å². The zero-order valence-corrected chi connectivity index (χ0v) is 13.6. The lowest BCUT2D eigenvalue weighted by atomic mass is 10.0. The van der Waals surface area contributed by atoms with Crippen molar-refractivity contribution in [2.75, 3.05) is 39.8 Å². The Hall–Kier alpha value is -1.10. The number of likely N-dealkylation sites (tertiary alicyclic amines) is 2. The van der Waals surface area contributed by atoms with Crippen LogP contribution in [0.1, 0.15) is 37.3 Å². The van der Waals surface area contributed by atoms with Crippen molar-refractivity contribution >= 4 is 0 Å². The Labute approximate surface area is 133 Å². The lowest BCUT2D eigenvalue weighted by molar-refractivity contribution is 0.0756. The third-order valence-electron chi connectivity index (χ3n) is 5.10. The quantitative estimate of drug-likeness (QED) is 0.905. The first kappa shape index (κ1) is 15.8. The predicted molar refractivity (Wildman–Crippen MR) is 88.2 cm³/mol. The average Bonchev–Trinajstić information content (AvgIpc) is 3.03. The van der Waals surface area contributed by atoms with Crippen LogP contribution in [-0.4, -0.2) is 60.8 Å². The molecule has 2 saturated heterocycles. The third-order valence-corrected chi connectivity index (χ3v) is 5.10. The Kier molecular flexibility index (Phi) is 5.34. The molecule has 22 heavy (non-hydrogen) atoms. The van der Waals surface area contributed by atoms with Crippen LogP contribution in [0.15, 0.2) is 24.3 Å². The van der Waals surface area contributed by atoms with Gasteiger partial charge in [0.1, 0.15) is 5.75 Å². The first-order valence-corrected chi connectivity index (χ1v) is 8.54. The van der Waals surface area contributed by atoms with Crippen LogP contribution in [0.3, 0.4) is 0 Å². The van der Waals surface area contributed by atoms with Crippen LogP contribution in [0.4, 0.5) is 0 Å². The molecule has 1 atom stereocenters. The van der Waals surface area contributed by atoms with Gasteiger partial charge in [-0.1, -0.05) is 12.1 Å². The van der Waals surface area contributed by atoms with Crippen LogP contribution in [0.5, 0.6) is 5.75 Å². The fourth-order valence-electron chi connectivity index (χ4n) is 3.73. The van der Waals surface area contributed by atoms with Crippen molar-refractivity contribution in [1.82, 2.24) is 9.80 Å². The van der Waals surface area contributed by atoms with Crippen molar-refractivity contribution in [2.45, 2.75) is 37.8 Å². The summed E-state index contributed by atoms with van der Waals surface area (Å²) in [5.74, 6) is 0.953. The summed E-state index contributed by atoms with van der Waals surface area (Å²) in [6, 6.07) is 9.05. The molecule has 0 spiro atoms. The van der Waals surface area contributed by atoms with E-state index >= 15 is 0 Å². The first-order chi connectivity index (χ1) is 10.8. The zero-order valence-electron chi connectivity index (χ0n) is 13.6. The standard InChI is InChI=1S/C18H28N2O2/c1-22-17-5-2-4-15(14-17)18-6-3-9-20(18)13-12-19-10-7-16(21)8-11-19/h2,4-5,14,16,18,21H,3,6-13H2,1H3. The average molecular weight is 304 g/mol. The van der Waals surface area contributed by atoms with Crippen LogP contribution in [0.25, 0.3) is 0 Å². The van der Waals surface area contributed by atoms with E-state index in [-0.39, 0.29) is 6.10 Å². The Balaban J connectivity index is 1.56. The smallest absolute Gasteiger partial charge is 0.119 e. The number of aliphatic hydroxyl groups excluding tert-OH is 1. The van der Waals surface area contributed by atoms with Gasteiger partial charge in [-0.3, -0.25) is 4.90 Å². The van der Waals surface area contributed by atoms with E-state index in [9.17, 15) is 5.11 Å². The normalized spacial score (nSPS) is 24.7. The topological polar surface area (TPSA) is 35.9 Å². The predicted octanol–water partition coefficient (Wildman–Crippen LogP) is 2.29. The number of ether oxygens (including phenoxy) is 1. The van der Waals surface area contributed by atoms with E-state index in [1.165, 1.54) is 24.9 Å². The van der Waals surface area contributed by atoms with E-state index in [1.54, 1.807) is 7.11 Å². The van der Waals surface area contributed by atoms with Gasteiger partial charge in [-0.25, -0.2) is 0 Å². The van der Waals surface area contributed by atoms with Gasteiger partial charge in [-0.05, 0) is 49.9 Å². The zero-order chi connectivity index (χ0) is 15.4. The van der Waals surface area contributed by atoms with Gasteiger partial charge in [-0.2, -0.15) is 0 Å². The molecule has 1 N–H and O–H groups in total. The highest BCUT2D eigenvalue weighted by atomic mass is 16.5. The van der Waals surface area contributed by atoms with Gasteiger partial charge >= 0.3 is 0 Å². The van der Waals surface area contributed by atoms with Crippen molar-refractivity contribution in [3.05, 3.63) is 29.8 Å².